The van der Waals surface area contributed by atoms with Gasteiger partial charge in [0, 0.05) is 19.0 Å². The fraction of sp³-hybridized carbons (Fsp3) is 0.257. The summed E-state index contributed by atoms with van der Waals surface area (Å²) in [5.74, 6) is -0.437. The number of rotatable bonds is 14. The van der Waals surface area contributed by atoms with E-state index in [4.69, 9.17) is 27.9 Å². The molecule has 11 heteroatoms. The van der Waals surface area contributed by atoms with Crippen molar-refractivity contribution < 1.29 is 22.7 Å². The van der Waals surface area contributed by atoms with E-state index in [1.54, 1.807) is 60.7 Å². The SMILES string of the molecule is CC[C@@H](C)NC(=O)[C@@H](Cc1ccccc1)N(Cc1ccc(Cl)c(Cl)c1)C(=O)CN(c1ccccc1)S(=O)(=O)c1ccc(OC)cc1. The maximum atomic E-state index is 14.5. The van der Waals surface area contributed by atoms with Crippen LogP contribution in [0.15, 0.2) is 108 Å². The molecule has 0 bridgehead atoms. The zero-order chi connectivity index (χ0) is 33.3. The maximum absolute atomic E-state index is 14.5. The van der Waals surface area contributed by atoms with E-state index in [1.807, 2.05) is 44.2 Å². The second kappa shape index (κ2) is 16.0. The number of hydrogen-bond donors (Lipinski definition) is 1. The molecule has 2 atom stereocenters. The van der Waals surface area contributed by atoms with Crippen LogP contribution in [0.25, 0.3) is 0 Å². The third-order valence-corrected chi connectivity index (χ3v) is 10.1. The highest BCUT2D eigenvalue weighted by Gasteiger charge is 2.35. The molecule has 0 heterocycles. The van der Waals surface area contributed by atoms with Crippen molar-refractivity contribution in [2.24, 2.45) is 0 Å². The fourth-order valence-electron chi connectivity index (χ4n) is 4.83. The van der Waals surface area contributed by atoms with Gasteiger partial charge in [-0.3, -0.25) is 13.9 Å². The van der Waals surface area contributed by atoms with Crippen molar-refractivity contribution in [2.45, 2.75) is 50.2 Å². The van der Waals surface area contributed by atoms with Crippen LogP contribution in [0.4, 0.5) is 5.69 Å². The molecule has 0 aliphatic carbocycles. The molecule has 4 aromatic carbocycles. The van der Waals surface area contributed by atoms with E-state index in [0.717, 1.165) is 9.87 Å². The smallest absolute Gasteiger partial charge is 0.264 e. The maximum Gasteiger partial charge on any atom is 0.264 e. The Morgan fingerprint density at radius 2 is 1.48 bits per heavy atom. The number of carbonyl (C=O) groups is 2. The summed E-state index contributed by atoms with van der Waals surface area (Å²) in [7, 11) is -2.74. The number of anilines is 1. The molecule has 0 saturated carbocycles. The summed E-state index contributed by atoms with van der Waals surface area (Å²) < 4.78 is 34.5. The minimum atomic E-state index is -4.23. The van der Waals surface area contributed by atoms with Crippen LogP contribution in [-0.2, 0) is 32.6 Å². The first-order valence-electron chi connectivity index (χ1n) is 14.8. The highest BCUT2D eigenvalue weighted by atomic mass is 35.5. The van der Waals surface area contributed by atoms with Crippen LogP contribution in [0.2, 0.25) is 10.0 Å². The van der Waals surface area contributed by atoms with Crippen molar-refractivity contribution in [3.05, 3.63) is 124 Å². The highest BCUT2D eigenvalue weighted by molar-refractivity contribution is 7.92. The van der Waals surface area contributed by atoms with Gasteiger partial charge in [0.2, 0.25) is 11.8 Å². The lowest BCUT2D eigenvalue weighted by Crippen LogP contribution is -2.54. The molecule has 0 spiro atoms. The van der Waals surface area contributed by atoms with Crippen molar-refractivity contribution in [1.29, 1.82) is 0 Å². The summed E-state index contributed by atoms with van der Waals surface area (Å²) in [6.07, 6.45) is 0.888. The number of carbonyl (C=O) groups excluding carboxylic acids is 2. The largest absolute Gasteiger partial charge is 0.497 e. The summed E-state index contributed by atoms with van der Waals surface area (Å²) in [6, 6.07) is 27.6. The minimum Gasteiger partial charge on any atom is -0.497 e. The molecule has 0 unspecified atom stereocenters. The van der Waals surface area contributed by atoms with E-state index in [2.05, 4.69) is 5.32 Å². The van der Waals surface area contributed by atoms with Gasteiger partial charge in [-0.05, 0) is 73.0 Å². The Kier molecular flexibility index (Phi) is 12.1. The minimum absolute atomic E-state index is 0.0173. The Morgan fingerprint density at radius 3 is 2.07 bits per heavy atom. The van der Waals surface area contributed by atoms with Gasteiger partial charge in [-0.25, -0.2) is 8.42 Å². The number of nitrogens with zero attached hydrogens (tertiary/aromatic N) is 2. The first-order chi connectivity index (χ1) is 22.0. The first-order valence-corrected chi connectivity index (χ1v) is 17.0. The van der Waals surface area contributed by atoms with Crippen LogP contribution < -0.4 is 14.4 Å². The number of benzene rings is 4. The zero-order valence-corrected chi connectivity index (χ0v) is 28.2. The molecule has 2 amide bonds. The molecule has 242 valence electrons. The van der Waals surface area contributed by atoms with Crippen molar-refractivity contribution in [1.82, 2.24) is 10.2 Å². The lowest BCUT2D eigenvalue weighted by Gasteiger charge is -2.34. The highest BCUT2D eigenvalue weighted by Crippen LogP contribution is 2.27. The monoisotopic (exact) mass is 681 g/mol. The van der Waals surface area contributed by atoms with Crippen LogP contribution in [0.5, 0.6) is 5.75 Å². The number of nitrogens with one attached hydrogen (secondary N) is 1. The molecule has 4 rings (SSSR count). The van der Waals surface area contributed by atoms with Gasteiger partial charge in [0.25, 0.3) is 10.0 Å². The standard InChI is InChI=1S/C35H37Cl2N3O5S/c1-4-25(2)38-35(42)33(22-26-11-7-5-8-12-26)39(23-27-15-20-31(36)32(37)21-27)34(41)24-40(28-13-9-6-10-14-28)46(43,44)30-18-16-29(45-3)17-19-30/h5-21,25,33H,4,22-24H2,1-3H3,(H,38,42)/t25-,33-/m1/s1. The van der Waals surface area contributed by atoms with E-state index in [1.165, 1.54) is 24.1 Å². The average Bonchev–Trinajstić information content (AvgIpc) is 3.07. The number of ether oxygens (including phenoxy) is 1. The predicted molar refractivity (Wildman–Crippen MR) is 183 cm³/mol. The Balaban J connectivity index is 1.80. The molecule has 0 aromatic heterocycles. The van der Waals surface area contributed by atoms with Crippen LogP contribution in [0, 0.1) is 0 Å². The lowest BCUT2D eigenvalue weighted by molar-refractivity contribution is -0.140. The average molecular weight is 683 g/mol. The van der Waals surface area contributed by atoms with E-state index in [0.29, 0.717) is 33.5 Å². The fourth-order valence-corrected chi connectivity index (χ4v) is 6.56. The van der Waals surface area contributed by atoms with Gasteiger partial charge >= 0.3 is 0 Å². The van der Waals surface area contributed by atoms with Crippen LogP contribution in [-0.4, -0.2) is 50.9 Å². The second-order valence-corrected chi connectivity index (χ2v) is 13.5. The molecule has 0 aliphatic rings. The third kappa shape index (κ3) is 8.81. The first kappa shape index (κ1) is 34.8. The molecule has 1 N–H and O–H groups in total. The van der Waals surface area contributed by atoms with Crippen LogP contribution in [0.1, 0.15) is 31.4 Å². The second-order valence-electron chi connectivity index (χ2n) is 10.8. The number of hydrogen-bond acceptors (Lipinski definition) is 5. The molecule has 8 nitrogen and oxygen atoms in total. The van der Waals surface area contributed by atoms with Crippen LogP contribution in [0.3, 0.4) is 0 Å². The molecular formula is C35H37Cl2N3O5S. The van der Waals surface area contributed by atoms with Crippen molar-refractivity contribution in [3.8, 4) is 5.75 Å². The quantitative estimate of drug-likeness (QED) is 0.159. The number of halogens is 2. The summed E-state index contributed by atoms with van der Waals surface area (Å²) >= 11 is 12.5. The lowest BCUT2D eigenvalue weighted by atomic mass is 10.0. The van der Waals surface area contributed by atoms with E-state index in [9.17, 15) is 18.0 Å². The van der Waals surface area contributed by atoms with E-state index < -0.39 is 28.5 Å². The normalized spacial score (nSPS) is 12.5. The van der Waals surface area contributed by atoms with Crippen molar-refractivity contribution >= 4 is 50.7 Å². The molecule has 0 radical (unpaired) electrons. The zero-order valence-electron chi connectivity index (χ0n) is 25.9. The molecule has 0 aliphatic heterocycles. The Morgan fingerprint density at radius 1 is 0.848 bits per heavy atom. The molecular weight excluding hydrogens is 645 g/mol. The Bertz CT molecular complexity index is 1720. The molecule has 4 aromatic rings. The Labute approximate surface area is 280 Å². The number of methoxy groups -OCH3 is 1. The summed E-state index contributed by atoms with van der Waals surface area (Å²) in [4.78, 5) is 29.8. The number of sulfonamides is 1. The third-order valence-electron chi connectivity index (χ3n) is 7.58. The molecule has 46 heavy (non-hydrogen) atoms. The summed E-state index contributed by atoms with van der Waals surface area (Å²) in [6.45, 7) is 3.26. The van der Waals surface area contributed by atoms with Gasteiger partial charge < -0.3 is 15.0 Å². The van der Waals surface area contributed by atoms with Crippen molar-refractivity contribution in [3.63, 3.8) is 0 Å². The van der Waals surface area contributed by atoms with Crippen molar-refractivity contribution in [2.75, 3.05) is 18.0 Å². The van der Waals surface area contributed by atoms with Gasteiger partial charge in [0.1, 0.15) is 18.3 Å². The molecule has 0 fully saturated rings. The van der Waals surface area contributed by atoms with Gasteiger partial charge in [0.05, 0.1) is 27.7 Å². The summed E-state index contributed by atoms with van der Waals surface area (Å²) in [5, 5.41) is 3.66. The van der Waals surface area contributed by atoms with E-state index >= 15 is 0 Å². The number of para-hydroxylation sites is 1. The predicted octanol–water partition coefficient (Wildman–Crippen LogP) is 6.75. The summed E-state index contributed by atoms with van der Waals surface area (Å²) in [5.41, 5.74) is 1.76. The van der Waals surface area contributed by atoms with Gasteiger partial charge in [-0.1, -0.05) is 84.7 Å². The van der Waals surface area contributed by atoms with Gasteiger partial charge in [-0.2, -0.15) is 0 Å². The van der Waals surface area contributed by atoms with Crippen LogP contribution >= 0.6 is 23.2 Å². The Hall–Kier alpha value is -4.05. The number of amides is 2. The van der Waals surface area contributed by atoms with Gasteiger partial charge in [-0.15, -0.1) is 0 Å². The van der Waals surface area contributed by atoms with Gasteiger partial charge in [0.15, 0.2) is 0 Å². The van der Waals surface area contributed by atoms with E-state index in [-0.39, 0.29) is 29.8 Å². The topological polar surface area (TPSA) is 96.0 Å². The molecule has 0 saturated heterocycles.